The summed E-state index contributed by atoms with van der Waals surface area (Å²) in [6, 6.07) is 22.4. The van der Waals surface area contributed by atoms with Crippen molar-refractivity contribution >= 4 is 34.2 Å². The number of nitriles is 1. The van der Waals surface area contributed by atoms with Gasteiger partial charge in [-0.15, -0.1) is 0 Å². The number of halogens is 2. The van der Waals surface area contributed by atoms with Crippen molar-refractivity contribution in [2.75, 3.05) is 0 Å². The van der Waals surface area contributed by atoms with Gasteiger partial charge in [-0.05, 0) is 42.3 Å². The molecule has 4 aromatic rings. The van der Waals surface area contributed by atoms with Crippen LogP contribution in [0.3, 0.4) is 0 Å². The first-order chi connectivity index (χ1) is 14.0. The predicted molar refractivity (Wildman–Crippen MR) is 117 cm³/mol. The molecule has 0 aliphatic heterocycles. The van der Waals surface area contributed by atoms with Crippen LogP contribution in [0.5, 0.6) is 0 Å². The van der Waals surface area contributed by atoms with Crippen LogP contribution in [0.1, 0.15) is 22.3 Å². The van der Waals surface area contributed by atoms with E-state index >= 15 is 0 Å². The van der Waals surface area contributed by atoms with Crippen molar-refractivity contribution < 1.29 is 4.39 Å². The Kier molecular flexibility index (Phi) is 5.20. The van der Waals surface area contributed by atoms with Crippen molar-refractivity contribution in [1.29, 1.82) is 5.26 Å². The second-order valence-corrected chi connectivity index (χ2v) is 7.42. The second-order valence-electron chi connectivity index (χ2n) is 7.01. The van der Waals surface area contributed by atoms with Crippen LogP contribution in [-0.2, 0) is 6.54 Å². The lowest BCUT2D eigenvalue weighted by molar-refractivity contribution is 0.626. The molecule has 0 amide bonds. The lowest BCUT2D eigenvalue weighted by Crippen LogP contribution is -1.98. The number of allylic oxidation sites excluding steroid dienone is 1. The van der Waals surface area contributed by atoms with E-state index < -0.39 is 0 Å². The molecule has 4 heteroatoms. The number of fused-ring (bicyclic) bond motifs is 1. The summed E-state index contributed by atoms with van der Waals surface area (Å²) in [5.41, 5.74) is 5.39. The molecular weight excluding hydrogens is 383 g/mol. The Morgan fingerprint density at radius 1 is 1.07 bits per heavy atom. The first-order valence-corrected chi connectivity index (χ1v) is 9.63. The van der Waals surface area contributed by atoms with Crippen LogP contribution in [0, 0.1) is 24.1 Å². The van der Waals surface area contributed by atoms with Gasteiger partial charge in [-0.3, -0.25) is 0 Å². The summed E-state index contributed by atoms with van der Waals surface area (Å²) in [7, 11) is 0. The van der Waals surface area contributed by atoms with Gasteiger partial charge in [0.2, 0.25) is 0 Å². The maximum absolute atomic E-state index is 13.2. The summed E-state index contributed by atoms with van der Waals surface area (Å²) in [6.45, 7) is 2.57. The fourth-order valence-electron chi connectivity index (χ4n) is 3.44. The van der Waals surface area contributed by atoms with E-state index in [1.54, 1.807) is 12.1 Å². The zero-order valence-electron chi connectivity index (χ0n) is 15.9. The van der Waals surface area contributed by atoms with Gasteiger partial charge in [0.1, 0.15) is 5.82 Å². The normalized spacial score (nSPS) is 11.6. The van der Waals surface area contributed by atoms with E-state index in [-0.39, 0.29) is 5.82 Å². The van der Waals surface area contributed by atoms with Crippen LogP contribution in [-0.4, -0.2) is 4.57 Å². The van der Waals surface area contributed by atoms with Crippen molar-refractivity contribution in [1.82, 2.24) is 4.57 Å². The molecule has 2 nitrogen and oxygen atoms in total. The number of aromatic nitrogens is 1. The summed E-state index contributed by atoms with van der Waals surface area (Å²) in [5.74, 6) is -0.260. The molecule has 0 saturated heterocycles. The van der Waals surface area contributed by atoms with Gasteiger partial charge < -0.3 is 4.57 Å². The highest BCUT2D eigenvalue weighted by molar-refractivity contribution is 6.35. The number of benzene rings is 3. The van der Waals surface area contributed by atoms with Gasteiger partial charge in [-0.1, -0.05) is 65.7 Å². The average molecular weight is 401 g/mol. The van der Waals surface area contributed by atoms with Crippen molar-refractivity contribution in [2.24, 2.45) is 0 Å². The molecule has 0 radical (unpaired) electrons. The SMILES string of the molecule is Cc1ccc(/C(C#N)=C/c2cn(Cc3ccc(F)cc3)c3c(Cl)cccc23)cc1. The van der Waals surface area contributed by atoms with Gasteiger partial charge >= 0.3 is 0 Å². The average Bonchev–Trinajstić information content (AvgIpc) is 3.07. The molecule has 29 heavy (non-hydrogen) atoms. The Bertz CT molecular complexity index is 1240. The molecule has 142 valence electrons. The van der Waals surface area contributed by atoms with Gasteiger partial charge in [0.25, 0.3) is 0 Å². The Hall–Kier alpha value is -3.35. The van der Waals surface area contributed by atoms with Crippen LogP contribution in [0.15, 0.2) is 72.9 Å². The zero-order valence-corrected chi connectivity index (χ0v) is 16.6. The molecule has 0 fully saturated rings. The van der Waals surface area contributed by atoms with E-state index in [1.807, 2.05) is 66.2 Å². The lowest BCUT2D eigenvalue weighted by atomic mass is 10.0. The minimum Gasteiger partial charge on any atom is -0.341 e. The van der Waals surface area contributed by atoms with E-state index in [2.05, 4.69) is 6.07 Å². The Morgan fingerprint density at radius 2 is 1.79 bits per heavy atom. The third-order valence-corrected chi connectivity index (χ3v) is 5.23. The van der Waals surface area contributed by atoms with Gasteiger partial charge in [-0.2, -0.15) is 5.26 Å². The quantitative estimate of drug-likeness (QED) is 0.344. The van der Waals surface area contributed by atoms with Crippen molar-refractivity contribution in [2.45, 2.75) is 13.5 Å². The molecule has 3 aromatic carbocycles. The first kappa shape index (κ1) is 19.0. The zero-order chi connectivity index (χ0) is 20.4. The highest BCUT2D eigenvalue weighted by atomic mass is 35.5. The van der Waals surface area contributed by atoms with E-state index in [1.165, 1.54) is 12.1 Å². The molecule has 0 spiro atoms. The topological polar surface area (TPSA) is 28.7 Å². The fourth-order valence-corrected chi connectivity index (χ4v) is 3.72. The number of rotatable bonds is 4. The minimum atomic E-state index is -0.260. The smallest absolute Gasteiger partial charge is 0.123 e. The number of aryl methyl sites for hydroxylation is 1. The van der Waals surface area contributed by atoms with Crippen molar-refractivity contribution in [3.05, 3.63) is 106 Å². The fraction of sp³-hybridized carbons (Fsp3) is 0.0800. The van der Waals surface area contributed by atoms with Gasteiger partial charge in [0.05, 0.1) is 22.2 Å². The van der Waals surface area contributed by atoms with E-state index in [9.17, 15) is 9.65 Å². The lowest BCUT2D eigenvalue weighted by Gasteiger charge is -2.06. The first-order valence-electron chi connectivity index (χ1n) is 9.26. The summed E-state index contributed by atoms with van der Waals surface area (Å²) < 4.78 is 15.3. The Labute approximate surface area is 174 Å². The van der Waals surface area contributed by atoms with Crippen molar-refractivity contribution in [3.8, 4) is 6.07 Å². The molecule has 0 unspecified atom stereocenters. The van der Waals surface area contributed by atoms with Crippen LogP contribution in [0.2, 0.25) is 5.02 Å². The molecule has 0 bridgehead atoms. The second kappa shape index (κ2) is 7.95. The summed E-state index contributed by atoms with van der Waals surface area (Å²) in [4.78, 5) is 0. The number of para-hydroxylation sites is 1. The third kappa shape index (κ3) is 3.94. The maximum Gasteiger partial charge on any atom is 0.123 e. The minimum absolute atomic E-state index is 0.260. The number of hydrogen-bond donors (Lipinski definition) is 0. The van der Waals surface area contributed by atoms with Crippen LogP contribution >= 0.6 is 11.6 Å². The number of nitrogens with zero attached hydrogens (tertiary/aromatic N) is 2. The molecule has 4 rings (SSSR count). The largest absolute Gasteiger partial charge is 0.341 e. The standard InChI is InChI=1S/C25H18ClFN2/c1-17-5-9-19(10-6-17)20(14-28)13-21-16-29(15-18-7-11-22(27)12-8-18)25-23(21)3-2-4-24(25)26/h2-13,16H,15H2,1H3/b20-13+. The highest BCUT2D eigenvalue weighted by Gasteiger charge is 2.12. The molecular formula is C25H18ClFN2. The van der Waals surface area contributed by atoms with E-state index in [0.29, 0.717) is 17.1 Å². The molecule has 1 heterocycles. The number of hydrogen-bond acceptors (Lipinski definition) is 1. The highest BCUT2D eigenvalue weighted by Crippen LogP contribution is 2.31. The summed E-state index contributed by atoms with van der Waals surface area (Å²) in [5, 5.41) is 11.3. The Morgan fingerprint density at radius 3 is 2.48 bits per heavy atom. The van der Waals surface area contributed by atoms with Crippen LogP contribution in [0.4, 0.5) is 4.39 Å². The molecule has 0 aliphatic carbocycles. The van der Waals surface area contributed by atoms with E-state index in [0.717, 1.165) is 33.2 Å². The molecule has 1 aromatic heterocycles. The molecule has 0 aliphatic rings. The summed E-state index contributed by atoms with van der Waals surface area (Å²) in [6.07, 6.45) is 3.88. The van der Waals surface area contributed by atoms with Gasteiger partial charge in [-0.25, -0.2) is 4.39 Å². The third-order valence-electron chi connectivity index (χ3n) is 4.93. The van der Waals surface area contributed by atoms with Gasteiger partial charge in [0, 0.05) is 23.7 Å². The van der Waals surface area contributed by atoms with E-state index in [4.69, 9.17) is 11.6 Å². The molecule has 0 N–H and O–H groups in total. The monoisotopic (exact) mass is 400 g/mol. The summed E-state index contributed by atoms with van der Waals surface area (Å²) >= 11 is 6.51. The van der Waals surface area contributed by atoms with Crippen LogP contribution in [0.25, 0.3) is 22.6 Å². The predicted octanol–water partition coefficient (Wildman–Crippen LogP) is 6.85. The maximum atomic E-state index is 13.2. The van der Waals surface area contributed by atoms with Crippen LogP contribution < -0.4 is 0 Å². The molecule has 0 atom stereocenters. The van der Waals surface area contributed by atoms with Crippen molar-refractivity contribution in [3.63, 3.8) is 0 Å². The Balaban J connectivity index is 1.82. The van der Waals surface area contributed by atoms with Gasteiger partial charge in [0.15, 0.2) is 0 Å². The molecule has 0 saturated carbocycles.